The Morgan fingerprint density at radius 1 is 1.26 bits per heavy atom. The van der Waals surface area contributed by atoms with Gasteiger partial charge in [-0.05, 0) is 41.7 Å². The zero-order valence-corrected chi connectivity index (χ0v) is 11.9. The average Bonchev–Trinajstić information content (AvgIpc) is 2.85. The molecule has 1 atom stereocenters. The van der Waals surface area contributed by atoms with Crippen molar-refractivity contribution in [2.45, 2.75) is 51.4 Å². The molecule has 0 saturated heterocycles. The number of aromatic nitrogens is 1. The lowest BCUT2D eigenvalue weighted by Crippen LogP contribution is -2.15. The fourth-order valence-corrected chi connectivity index (χ4v) is 2.87. The summed E-state index contributed by atoms with van der Waals surface area (Å²) in [5, 5.41) is 4.07. The molecule has 0 saturated carbocycles. The highest BCUT2D eigenvalue weighted by Crippen LogP contribution is 2.34. The summed E-state index contributed by atoms with van der Waals surface area (Å²) >= 11 is 0. The standard InChI is InChI=1S/C17H21NO/c1-17(2,3)15-6-4-5-12(10-15)13-7-8-16-14(9-13)11-19-18-16/h4-6,10-11,13H,7-9H2,1-3H3. The predicted octanol–water partition coefficient (Wildman–Crippen LogP) is 4.24. The van der Waals surface area contributed by atoms with Gasteiger partial charge in [-0.3, -0.25) is 0 Å². The van der Waals surface area contributed by atoms with Crippen LogP contribution in [0, 0.1) is 0 Å². The summed E-state index contributed by atoms with van der Waals surface area (Å²) in [6.45, 7) is 6.81. The molecule has 2 aromatic rings. The van der Waals surface area contributed by atoms with Gasteiger partial charge in [-0.25, -0.2) is 0 Å². The minimum absolute atomic E-state index is 0.215. The van der Waals surface area contributed by atoms with Gasteiger partial charge in [-0.2, -0.15) is 0 Å². The lowest BCUT2D eigenvalue weighted by Gasteiger charge is -2.24. The van der Waals surface area contributed by atoms with Crippen LogP contribution in [0.2, 0.25) is 0 Å². The largest absolute Gasteiger partial charge is 0.364 e. The third kappa shape index (κ3) is 2.44. The molecule has 0 spiro atoms. The summed E-state index contributed by atoms with van der Waals surface area (Å²) in [4.78, 5) is 0. The van der Waals surface area contributed by atoms with E-state index < -0.39 is 0 Å². The van der Waals surface area contributed by atoms with Gasteiger partial charge in [0.2, 0.25) is 0 Å². The maximum Gasteiger partial charge on any atom is 0.127 e. The first-order valence-corrected chi connectivity index (χ1v) is 7.06. The third-order valence-electron chi connectivity index (χ3n) is 4.15. The van der Waals surface area contributed by atoms with Crippen molar-refractivity contribution in [2.75, 3.05) is 0 Å². The molecule has 0 amide bonds. The molecule has 1 aromatic heterocycles. The molecule has 19 heavy (non-hydrogen) atoms. The second-order valence-electron chi connectivity index (χ2n) is 6.60. The monoisotopic (exact) mass is 255 g/mol. The number of aryl methyl sites for hydroxylation is 1. The van der Waals surface area contributed by atoms with E-state index in [0.29, 0.717) is 5.92 Å². The van der Waals surface area contributed by atoms with E-state index in [2.05, 4.69) is 50.2 Å². The van der Waals surface area contributed by atoms with E-state index >= 15 is 0 Å². The molecule has 3 rings (SSSR count). The van der Waals surface area contributed by atoms with Crippen molar-refractivity contribution in [2.24, 2.45) is 0 Å². The van der Waals surface area contributed by atoms with E-state index in [4.69, 9.17) is 4.52 Å². The Morgan fingerprint density at radius 3 is 2.89 bits per heavy atom. The molecule has 1 aliphatic rings. The first-order chi connectivity index (χ1) is 9.04. The summed E-state index contributed by atoms with van der Waals surface area (Å²) in [6, 6.07) is 9.07. The Labute approximate surface area is 114 Å². The molecule has 2 heteroatoms. The van der Waals surface area contributed by atoms with Crippen LogP contribution >= 0.6 is 0 Å². The van der Waals surface area contributed by atoms with Crippen molar-refractivity contribution < 1.29 is 4.52 Å². The zero-order chi connectivity index (χ0) is 13.5. The van der Waals surface area contributed by atoms with Crippen LogP contribution in [0.1, 0.15) is 55.5 Å². The lowest BCUT2D eigenvalue weighted by atomic mass is 9.80. The first-order valence-electron chi connectivity index (χ1n) is 7.06. The Hall–Kier alpha value is -1.57. The summed E-state index contributed by atoms with van der Waals surface area (Å²) < 4.78 is 5.08. The van der Waals surface area contributed by atoms with Gasteiger partial charge in [0.25, 0.3) is 0 Å². The van der Waals surface area contributed by atoms with Gasteiger partial charge >= 0.3 is 0 Å². The zero-order valence-electron chi connectivity index (χ0n) is 11.9. The van der Waals surface area contributed by atoms with Crippen molar-refractivity contribution in [3.05, 3.63) is 52.9 Å². The molecular weight excluding hydrogens is 234 g/mol. The Bertz CT molecular complexity index is 577. The molecule has 2 nitrogen and oxygen atoms in total. The van der Waals surface area contributed by atoms with Crippen molar-refractivity contribution in [1.29, 1.82) is 0 Å². The van der Waals surface area contributed by atoms with Crippen LogP contribution in [0.4, 0.5) is 0 Å². The molecule has 0 bridgehead atoms. The van der Waals surface area contributed by atoms with E-state index in [1.165, 1.54) is 23.1 Å². The van der Waals surface area contributed by atoms with Gasteiger partial charge in [0.15, 0.2) is 0 Å². The molecule has 0 radical (unpaired) electrons. The Morgan fingerprint density at radius 2 is 2.11 bits per heavy atom. The molecule has 1 unspecified atom stereocenters. The van der Waals surface area contributed by atoms with E-state index in [9.17, 15) is 0 Å². The highest BCUT2D eigenvalue weighted by molar-refractivity contribution is 5.33. The summed E-state index contributed by atoms with van der Waals surface area (Å²) in [7, 11) is 0. The fraction of sp³-hybridized carbons (Fsp3) is 0.471. The van der Waals surface area contributed by atoms with Crippen LogP contribution in [0.3, 0.4) is 0 Å². The van der Waals surface area contributed by atoms with Gasteiger partial charge in [0.1, 0.15) is 6.26 Å². The minimum Gasteiger partial charge on any atom is -0.364 e. The van der Waals surface area contributed by atoms with Gasteiger partial charge < -0.3 is 4.52 Å². The third-order valence-corrected chi connectivity index (χ3v) is 4.15. The van der Waals surface area contributed by atoms with E-state index in [0.717, 1.165) is 18.5 Å². The molecule has 0 N–H and O–H groups in total. The molecular formula is C17H21NO. The van der Waals surface area contributed by atoms with Crippen LogP contribution < -0.4 is 0 Å². The van der Waals surface area contributed by atoms with Gasteiger partial charge in [0, 0.05) is 5.56 Å². The minimum atomic E-state index is 0.215. The normalized spacial score (nSPS) is 19.2. The van der Waals surface area contributed by atoms with E-state index in [-0.39, 0.29) is 5.41 Å². The summed E-state index contributed by atoms with van der Waals surface area (Å²) in [5.74, 6) is 0.606. The maximum atomic E-state index is 5.08. The van der Waals surface area contributed by atoms with Crippen molar-refractivity contribution in [3.8, 4) is 0 Å². The maximum absolute atomic E-state index is 5.08. The summed E-state index contributed by atoms with van der Waals surface area (Å²) in [5.41, 5.74) is 5.54. The number of fused-ring (bicyclic) bond motifs is 1. The molecule has 1 aromatic carbocycles. The molecule has 0 aliphatic heterocycles. The van der Waals surface area contributed by atoms with E-state index in [1.807, 2.05) is 6.26 Å². The predicted molar refractivity (Wildman–Crippen MR) is 76.4 cm³/mol. The van der Waals surface area contributed by atoms with Crippen molar-refractivity contribution >= 4 is 0 Å². The smallest absolute Gasteiger partial charge is 0.127 e. The SMILES string of the molecule is CC(C)(C)c1cccc(C2CCc3nocc3C2)c1. The summed E-state index contributed by atoms with van der Waals surface area (Å²) in [6.07, 6.45) is 5.09. The van der Waals surface area contributed by atoms with Crippen LogP contribution in [0.5, 0.6) is 0 Å². The van der Waals surface area contributed by atoms with Crippen molar-refractivity contribution in [1.82, 2.24) is 5.16 Å². The van der Waals surface area contributed by atoms with Gasteiger partial charge in [-0.15, -0.1) is 0 Å². The van der Waals surface area contributed by atoms with Crippen molar-refractivity contribution in [3.63, 3.8) is 0 Å². The number of rotatable bonds is 1. The molecule has 100 valence electrons. The Kier molecular flexibility index (Phi) is 2.96. The highest BCUT2D eigenvalue weighted by atomic mass is 16.5. The quantitative estimate of drug-likeness (QED) is 0.761. The van der Waals surface area contributed by atoms with Crippen LogP contribution in [0.15, 0.2) is 35.1 Å². The topological polar surface area (TPSA) is 26.0 Å². The average molecular weight is 255 g/mol. The molecule has 1 heterocycles. The molecule has 0 fully saturated rings. The Balaban J connectivity index is 1.88. The number of nitrogens with zero attached hydrogens (tertiary/aromatic N) is 1. The molecule has 1 aliphatic carbocycles. The van der Waals surface area contributed by atoms with Crippen LogP contribution in [-0.2, 0) is 18.3 Å². The van der Waals surface area contributed by atoms with Crippen LogP contribution in [-0.4, -0.2) is 5.16 Å². The van der Waals surface area contributed by atoms with Gasteiger partial charge in [0.05, 0.1) is 5.69 Å². The number of hydrogen-bond donors (Lipinski definition) is 0. The van der Waals surface area contributed by atoms with E-state index in [1.54, 1.807) is 0 Å². The second kappa shape index (κ2) is 4.52. The number of hydrogen-bond acceptors (Lipinski definition) is 2. The number of benzene rings is 1. The van der Waals surface area contributed by atoms with Crippen LogP contribution in [0.25, 0.3) is 0 Å². The lowest BCUT2D eigenvalue weighted by molar-refractivity contribution is 0.411. The highest BCUT2D eigenvalue weighted by Gasteiger charge is 2.23. The fourth-order valence-electron chi connectivity index (χ4n) is 2.87. The second-order valence-corrected chi connectivity index (χ2v) is 6.60. The first kappa shape index (κ1) is 12.5. The van der Waals surface area contributed by atoms with Gasteiger partial charge in [-0.1, -0.05) is 50.2 Å².